The van der Waals surface area contributed by atoms with E-state index in [9.17, 15) is 4.79 Å². The molecule has 0 saturated carbocycles. The summed E-state index contributed by atoms with van der Waals surface area (Å²) in [5, 5.41) is 3.75. The van der Waals surface area contributed by atoms with Crippen molar-refractivity contribution in [1.29, 1.82) is 0 Å². The molecule has 1 aromatic rings. The number of amides is 1. The summed E-state index contributed by atoms with van der Waals surface area (Å²) in [4.78, 5) is 11.7. The van der Waals surface area contributed by atoms with Crippen molar-refractivity contribution in [2.75, 3.05) is 18.1 Å². The highest BCUT2D eigenvalue weighted by atomic mass is 79.9. The SMILES string of the molecule is CCCSCCNC(=O)c1ccc(CBr)cc1. The summed E-state index contributed by atoms with van der Waals surface area (Å²) in [5.41, 5.74) is 1.91. The molecule has 1 N–H and O–H groups in total. The van der Waals surface area contributed by atoms with Gasteiger partial charge in [0.05, 0.1) is 0 Å². The molecule has 17 heavy (non-hydrogen) atoms. The zero-order valence-electron chi connectivity index (χ0n) is 10.0. The monoisotopic (exact) mass is 315 g/mol. The number of carbonyl (C=O) groups excluding carboxylic acids is 1. The Morgan fingerprint density at radius 1 is 1.29 bits per heavy atom. The van der Waals surface area contributed by atoms with Gasteiger partial charge in [-0.25, -0.2) is 0 Å². The quantitative estimate of drug-likeness (QED) is 0.616. The van der Waals surface area contributed by atoms with Gasteiger partial charge in [0.1, 0.15) is 0 Å². The molecule has 0 aliphatic rings. The first-order valence-corrected chi connectivity index (χ1v) is 8.06. The van der Waals surface area contributed by atoms with Crippen LogP contribution in [0.5, 0.6) is 0 Å². The Morgan fingerprint density at radius 2 is 2.00 bits per heavy atom. The summed E-state index contributed by atoms with van der Waals surface area (Å²) in [7, 11) is 0. The van der Waals surface area contributed by atoms with Gasteiger partial charge in [-0.2, -0.15) is 11.8 Å². The maximum Gasteiger partial charge on any atom is 0.251 e. The van der Waals surface area contributed by atoms with Gasteiger partial charge in [-0.1, -0.05) is 35.0 Å². The normalized spacial score (nSPS) is 10.2. The Kier molecular flexibility index (Phi) is 7.37. The van der Waals surface area contributed by atoms with Gasteiger partial charge in [-0.05, 0) is 29.9 Å². The van der Waals surface area contributed by atoms with E-state index in [1.165, 1.54) is 12.0 Å². The topological polar surface area (TPSA) is 29.1 Å². The largest absolute Gasteiger partial charge is 0.351 e. The van der Waals surface area contributed by atoms with E-state index in [0.717, 1.165) is 28.9 Å². The molecule has 0 atom stereocenters. The number of rotatable bonds is 7. The first-order valence-electron chi connectivity index (χ1n) is 5.78. The Morgan fingerprint density at radius 3 is 2.59 bits per heavy atom. The lowest BCUT2D eigenvalue weighted by atomic mass is 10.1. The van der Waals surface area contributed by atoms with Crippen molar-refractivity contribution in [2.24, 2.45) is 0 Å². The minimum absolute atomic E-state index is 0.0169. The number of hydrogen-bond donors (Lipinski definition) is 1. The van der Waals surface area contributed by atoms with Crippen molar-refractivity contribution < 1.29 is 4.79 Å². The number of benzene rings is 1. The van der Waals surface area contributed by atoms with E-state index in [2.05, 4.69) is 28.2 Å². The Balaban J connectivity index is 2.31. The molecule has 0 aliphatic carbocycles. The lowest BCUT2D eigenvalue weighted by Crippen LogP contribution is -2.25. The highest BCUT2D eigenvalue weighted by molar-refractivity contribution is 9.08. The molecule has 1 rings (SSSR count). The summed E-state index contributed by atoms with van der Waals surface area (Å²) in [6, 6.07) is 7.67. The van der Waals surface area contributed by atoms with Gasteiger partial charge in [-0.3, -0.25) is 4.79 Å². The zero-order valence-corrected chi connectivity index (χ0v) is 12.4. The van der Waals surface area contributed by atoms with E-state index in [1.807, 2.05) is 36.0 Å². The summed E-state index contributed by atoms with van der Waals surface area (Å²) in [6.45, 7) is 2.90. The summed E-state index contributed by atoms with van der Waals surface area (Å²) in [5.74, 6) is 2.16. The number of nitrogens with one attached hydrogen (secondary N) is 1. The van der Waals surface area contributed by atoms with Gasteiger partial charge >= 0.3 is 0 Å². The predicted octanol–water partition coefficient (Wildman–Crippen LogP) is 3.45. The fraction of sp³-hybridized carbons (Fsp3) is 0.462. The van der Waals surface area contributed by atoms with Crippen molar-refractivity contribution in [3.05, 3.63) is 35.4 Å². The van der Waals surface area contributed by atoms with Gasteiger partial charge in [0, 0.05) is 23.2 Å². The van der Waals surface area contributed by atoms with Gasteiger partial charge in [0.25, 0.3) is 5.91 Å². The molecule has 0 spiro atoms. The second-order valence-electron chi connectivity index (χ2n) is 3.70. The van der Waals surface area contributed by atoms with Crippen LogP contribution in [0.4, 0.5) is 0 Å². The van der Waals surface area contributed by atoms with Gasteiger partial charge in [-0.15, -0.1) is 0 Å². The van der Waals surface area contributed by atoms with Gasteiger partial charge < -0.3 is 5.32 Å². The molecule has 0 radical (unpaired) electrons. The number of carbonyl (C=O) groups is 1. The van der Waals surface area contributed by atoms with Crippen molar-refractivity contribution in [3.8, 4) is 0 Å². The Bertz CT molecular complexity index is 340. The molecule has 2 nitrogen and oxygen atoms in total. The first kappa shape index (κ1) is 14.6. The lowest BCUT2D eigenvalue weighted by Gasteiger charge is -2.05. The zero-order chi connectivity index (χ0) is 12.5. The second-order valence-corrected chi connectivity index (χ2v) is 5.48. The number of hydrogen-bond acceptors (Lipinski definition) is 2. The lowest BCUT2D eigenvalue weighted by molar-refractivity contribution is 0.0956. The second kappa shape index (κ2) is 8.59. The fourth-order valence-electron chi connectivity index (χ4n) is 1.33. The van der Waals surface area contributed by atoms with E-state index in [4.69, 9.17) is 0 Å². The molecule has 0 aliphatic heterocycles. The third-order valence-electron chi connectivity index (χ3n) is 2.25. The van der Waals surface area contributed by atoms with Crippen LogP contribution in [0.25, 0.3) is 0 Å². The molecule has 0 aromatic heterocycles. The van der Waals surface area contributed by atoms with Crippen LogP contribution < -0.4 is 5.32 Å². The van der Waals surface area contributed by atoms with Crippen molar-refractivity contribution >= 4 is 33.6 Å². The highest BCUT2D eigenvalue weighted by Gasteiger charge is 2.03. The van der Waals surface area contributed by atoms with Crippen LogP contribution in [0.1, 0.15) is 29.3 Å². The van der Waals surface area contributed by atoms with Crippen LogP contribution in [0.2, 0.25) is 0 Å². The Labute approximate surface area is 116 Å². The summed E-state index contributed by atoms with van der Waals surface area (Å²) in [6.07, 6.45) is 1.19. The van der Waals surface area contributed by atoms with Crippen LogP contribution in [-0.2, 0) is 5.33 Å². The maximum atomic E-state index is 11.7. The average Bonchev–Trinajstić information content (AvgIpc) is 2.38. The fourth-order valence-corrected chi connectivity index (χ4v) is 2.44. The average molecular weight is 316 g/mol. The summed E-state index contributed by atoms with van der Waals surface area (Å²) < 4.78 is 0. The number of halogens is 1. The third-order valence-corrected chi connectivity index (χ3v) is 4.09. The number of thioether (sulfide) groups is 1. The smallest absolute Gasteiger partial charge is 0.251 e. The molecule has 94 valence electrons. The van der Waals surface area contributed by atoms with Crippen molar-refractivity contribution in [2.45, 2.75) is 18.7 Å². The molecule has 1 amide bonds. The molecule has 0 saturated heterocycles. The molecule has 0 bridgehead atoms. The first-order chi connectivity index (χ1) is 8.27. The molecule has 0 unspecified atom stereocenters. The predicted molar refractivity (Wildman–Crippen MR) is 79.0 cm³/mol. The molecule has 0 fully saturated rings. The van der Waals surface area contributed by atoms with Crippen LogP contribution >= 0.6 is 27.7 Å². The Hall–Kier alpha value is -0.480. The van der Waals surface area contributed by atoms with Gasteiger partial charge in [0.15, 0.2) is 0 Å². The van der Waals surface area contributed by atoms with E-state index in [-0.39, 0.29) is 5.91 Å². The summed E-state index contributed by atoms with van der Waals surface area (Å²) >= 11 is 5.26. The van der Waals surface area contributed by atoms with E-state index >= 15 is 0 Å². The van der Waals surface area contributed by atoms with Gasteiger partial charge in [0.2, 0.25) is 0 Å². The highest BCUT2D eigenvalue weighted by Crippen LogP contribution is 2.08. The molecular weight excluding hydrogens is 298 g/mol. The molecule has 0 heterocycles. The van der Waals surface area contributed by atoms with Crippen LogP contribution in [0, 0.1) is 0 Å². The standard InChI is InChI=1S/C13H18BrNOS/c1-2-8-17-9-7-15-13(16)12-5-3-11(10-14)4-6-12/h3-6H,2,7-10H2,1H3,(H,15,16). The van der Waals surface area contributed by atoms with E-state index < -0.39 is 0 Å². The van der Waals surface area contributed by atoms with Crippen molar-refractivity contribution in [1.82, 2.24) is 5.32 Å². The van der Waals surface area contributed by atoms with Crippen LogP contribution in [0.3, 0.4) is 0 Å². The molecule has 1 aromatic carbocycles. The van der Waals surface area contributed by atoms with E-state index in [1.54, 1.807) is 0 Å². The van der Waals surface area contributed by atoms with E-state index in [0.29, 0.717) is 0 Å². The van der Waals surface area contributed by atoms with Crippen LogP contribution in [0.15, 0.2) is 24.3 Å². The molecule has 4 heteroatoms. The third kappa shape index (κ3) is 5.59. The number of alkyl halides is 1. The molecular formula is C13H18BrNOS. The minimum Gasteiger partial charge on any atom is -0.351 e. The van der Waals surface area contributed by atoms with Crippen molar-refractivity contribution in [3.63, 3.8) is 0 Å². The maximum absolute atomic E-state index is 11.7. The minimum atomic E-state index is 0.0169. The van der Waals surface area contributed by atoms with Crippen LogP contribution in [-0.4, -0.2) is 24.0 Å².